The van der Waals surface area contributed by atoms with Crippen LogP contribution in [0.15, 0.2) is 48.5 Å². The molecule has 0 fully saturated rings. The molecular weight excluding hydrogens is 293 g/mol. The maximum Gasteiger partial charge on any atom is 0.251 e. The minimum absolute atomic E-state index is 0.142. The van der Waals surface area contributed by atoms with Gasteiger partial charge in [-0.25, -0.2) is 4.39 Å². The third-order valence-corrected chi connectivity index (χ3v) is 3.71. The van der Waals surface area contributed by atoms with Gasteiger partial charge < -0.3 is 10.1 Å². The fourth-order valence-corrected chi connectivity index (χ4v) is 2.45. The maximum atomic E-state index is 13.1. The largest absolute Gasteiger partial charge is 0.380 e. The van der Waals surface area contributed by atoms with Gasteiger partial charge in [0.15, 0.2) is 0 Å². The zero-order valence-electron chi connectivity index (χ0n) is 13.7. The van der Waals surface area contributed by atoms with Crippen molar-refractivity contribution >= 4 is 5.91 Å². The van der Waals surface area contributed by atoms with Crippen molar-refractivity contribution in [1.82, 2.24) is 5.32 Å². The molecule has 4 heteroatoms. The maximum absolute atomic E-state index is 13.1. The Morgan fingerprint density at radius 1 is 1.09 bits per heavy atom. The predicted octanol–water partition coefficient (Wildman–Crippen LogP) is 4.10. The lowest BCUT2D eigenvalue weighted by Crippen LogP contribution is -2.31. The summed E-state index contributed by atoms with van der Waals surface area (Å²) in [5.74, 6) is -0.231. The summed E-state index contributed by atoms with van der Waals surface area (Å²) in [6.45, 7) is 4.57. The predicted molar refractivity (Wildman–Crippen MR) is 88.6 cm³/mol. The molecule has 0 aliphatic rings. The molecule has 2 aromatic carbocycles. The van der Waals surface area contributed by atoms with Gasteiger partial charge in [-0.3, -0.25) is 4.79 Å². The van der Waals surface area contributed by atoms with Crippen molar-refractivity contribution in [2.24, 2.45) is 5.92 Å². The molecule has 0 bridgehead atoms. The van der Waals surface area contributed by atoms with Gasteiger partial charge in [0.1, 0.15) is 5.82 Å². The van der Waals surface area contributed by atoms with E-state index in [-0.39, 0.29) is 23.7 Å². The van der Waals surface area contributed by atoms with Crippen molar-refractivity contribution in [3.05, 3.63) is 71.0 Å². The van der Waals surface area contributed by atoms with E-state index < -0.39 is 0 Å². The average Bonchev–Trinajstić information content (AvgIpc) is 2.54. The van der Waals surface area contributed by atoms with Gasteiger partial charge >= 0.3 is 0 Å². The van der Waals surface area contributed by atoms with Crippen molar-refractivity contribution in [1.29, 1.82) is 0 Å². The van der Waals surface area contributed by atoms with E-state index in [1.807, 2.05) is 26.0 Å². The first-order valence-electron chi connectivity index (χ1n) is 7.65. The van der Waals surface area contributed by atoms with Gasteiger partial charge in [0, 0.05) is 12.7 Å². The van der Waals surface area contributed by atoms with Crippen LogP contribution < -0.4 is 5.32 Å². The SMILES string of the molecule is COCc1ccc(C(=O)NC(c2ccc(F)cc2)C(C)C)cc1. The third kappa shape index (κ3) is 4.63. The van der Waals surface area contributed by atoms with Gasteiger partial charge in [-0.2, -0.15) is 0 Å². The lowest BCUT2D eigenvalue weighted by atomic mass is 9.95. The summed E-state index contributed by atoms with van der Waals surface area (Å²) in [6.07, 6.45) is 0. The Morgan fingerprint density at radius 3 is 2.22 bits per heavy atom. The van der Waals surface area contributed by atoms with Gasteiger partial charge in [-0.05, 0) is 41.3 Å². The monoisotopic (exact) mass is 315 g/mol. The van der Waals surface area contributed by atoms with Gasteiger partial charge in [0.25, 0.3) is 5.91 Å². The molecular formula is C19H22FNO2. The number of hydrogen-bond acceptors (Lipinski definition) is 2. The number of benzene rings is 2. The highest BCUT2D eigenvalue weighted by Crippen LogP contribution is 2.22. The summed E-state index contributed by atoms with van der Waals surface area (Å²) in [5, 5.41) is 3.03. The number of carbonyl (C=O) groups is 1. The normalized spacial score (nSPS) is 12.2. The second kappa shape index (κ2) is 7.88. The van der Waals surface area contributed by atoms with E-state index >= 15 is 0 Å². The second-order valence-electron chi connectivity index (χ2n) is 5.88. The van der Waals surface area contributed by atoms with Crippen LogP contribution in [0, 0.1) is 11.7 Å². The number of carbonyl (C=O) groups excluding carboxylic acids is 1. The lowest BCUT2D eigenvalue weighted by Gasteiger charge is -2.23. The summed E-state index contributed by atoms with van der Waals surface area (Å²) in [7, 11) is 1.64. The molecule has 0 radical (unpaired) electrons. The van der Waals surface area contributed by atoms with Gasteiger partial charge in [0.2, 0.25) is 0 Å². The molecule has 0 saturated heterocycles. The molecule has 0 saturated carbocycles. The Morgan fingerprint density at radius 2 is 1.70 bits per heavy atom. The summed E-state index contributed by atoms with van der Waals surface area (Å²) in [6, 6.07) is 13.4. The van der Waals surface area contributed by atoms with Crippen molar-refractivity contribution in [3.8, 4) is 0 Å². The first kappa shape index (κ1) is 17.2. The van der Waals surface area contributed by atoms with E-state index in [0.717, 1.165) is 11.1 Å². The molecule has 0 spiro atoms. The van der Waals surface area contributed by atoms with Crippen LogP contribution in [-0.4, -0.2) is 13.0 Å². The quantitative estimate of drug-likeness (QED) is 0.871. The van der Waals surface area contributed by atoms with E-state index in [0.29, 0.717) is 12.2 Å². The van der Waals surface area contributed by atoms with E-state index in [1.54, 1.807) is 31.4 Å². The number of halogens is 1. The van der Waals surface area contributed by atoms with E-state index in [2.05, 4.69) is 5.32 Å². The van der Waals surface area contributed by atoms with Crippen LogP contribution in [0.5, 0.6) is 0 Å². The summed E-state index contributed by atoms with van der Waals surface area (Å²) < 4.78 is 18.1. The number of ether oxygens (including phenoxy) is 1. The van der Waals surface area contributed by atoms with Crippen LogP contribution in [0.1, 0.15) is 41.4 Å². The van der Waals surface area contributed by atoms with Crippen LogP contribution in [0.3, 0.4) is 0 Å². The molecule has 1 amide bonds. The van der Waals surface area contributed by atoms with E-state index in [4.69, 9.17) is 4.74 Å². The fourth-order valence-electron chi connectivity index (χ4n) is 2.45. The third-order valence-electron chi connectivity index (χ3n) is 3.71. The topological polar surface area (TPSA) is 38.3 Å². The Bertz CT molecular complexity index is 635. The van der Waals surface area contributed by atoms with Crippen molar-refractivity contribution in [3.63, 3.8) is 0 Å². The molecule has 3 nitrogen and oxygen atoms in total. The smallest absolute Gasteiger partial charge is 0.251 e. The minimum atomic E-state index is -0.281. The van der Waals surface area contributed by atoms with Crippen LogP contribution in [0.4, 0.5) is 4.39 Å². The molecule has 122 valence electrons. The number of hydrogen-bond donors (Lipinski definition) is 1. The highest BCUT2D eigenvalue weighted by molar-refractivity contribution is 5.94. The Labute approximate surface area is 136 Å². The number of rotatable bonds is 6. The molecule has 23 heavy (non-hydrogen) atoms. The van der Waals surface area contributed by atoms with E-state index in [9.17, 15) is 9.18 Å². The summed E-state index contributed by atoms with van der Waals surface area (Å²) in [5.41, 5.74) is 2.51. The summed E-state index contributed by atoms with van der Waals surface area (Å²) >= 11 is 0. The Kier molecular flexibility index (Phi) is 5.88. The molecule has 2 aromatic rings. The molecule has 0 aliphatic carbocycles. The number of amides is 1. The Hall–Kier alpha value is -2.20. The number of nitrogens with one attached hydrogen (secondary N) is 1. The molecule has 1 N–H and O–H groups in total. The van der Waals surface area contributed by atoms with Crippen molar-refractivity contribution in [2.45, 2.75) is 26.5 Å². The zero-order valence-corrected chi connectivity index (χ0v) is 13.7. The molecule has 0 aromatic heterocycles. The highest BCUT2D eigenvalue weighted by atomic mass is 19.1. The Balaban J connectivity index is 2.13. The first-order chi connectivity index (χ1) is 11.0. The number of methoxy groups -OCH3 is 1. The highest BCUT2D eigenvalue weighted by Gasteiger charge is 2.19. The standard InChI is InChI=1S/C19H22FNO2/c1-13(2)18(15-8-10-17(20)11-9-15)21-19(22)16-6-4-14(5-7-16)12-23-3/h4-11,13,18H,12H2,1-3H3,(H,21,22). The average molecular weight is 315 g/mol. The van der Waals surface area contributed by atoms with Crippen LogP contribution >= 0.6 is 0 Å². The van der Waals surface area contributed by atoms with E-state index in [1.165, 1.54) is 12.1 Å². The van der Waals surface area contributed by atoms with Crippen LogP contribution in [-0.2, 0) is 11.3 Å². The first-order valence-corrected chi connectivity index (χ1v) is 7.65. The van der Waals surface area contributed by atoms with Gasteiger partial charge in [-0.15, -0.1) is 0 Å². The minimum Gasteiger partial charge on any atom is -0.380 e. The second-order valence-corrected chi connectivity index (χ2v) is 5.88. The van der Waals surface area contributed by atoms with Gasteiger partial charge in [-0.1, -0.05) is 38.1 Å². The summed E-state index contributed by atoms with van der Waals surface area (Å²) in [4.78, 5) is 12.5. The van der Waals surface area contributed by atoms with Crippen molar-refractivity contribution in [2.75, 3.05) is 7.11 Å². The molecule has 0 aliphatic heterocycles. The lowest BCUT2D eigenvalue weighted by molar-refractivity contribution is 0.0925. The zero-order chi connectivity index (χ0) is 16.8. The molecule has 1 atom stereocenters. The van der Waals surface area contributed by atoms with Crippen LogP contribution in [0.25, 0.3) is 0 Å². The van der Waals surface area contributed by atoms with Gasteiger partial charge in [0.05, 0.1) is 12.6 Å². The molecule has 0 heterocycles. The van der Waals surface area contributed by atoms with Crippen molar-refractivity contribution < 1.29 is 13.9 Å². The van der Waals surface area contributed by atoms with Crippen LogP contribution in [0.2, 0.25) is 0 Å². The molecule has 2 rings (SSSR count). The molecule has 1 unspecified atom stereocenters. The fraction of sp³-hybridized carbons (Fsp3) is 0.316.